The smallest absolute Gasteiger partial charge is 0.387 e. The topological polar surface area (TPSA) is 30.5 Å². The van der Waals surface area contributed by atoms with E-state index in [1.165, 1.54) is 6.07 Å². The molecule has 1 N–H and O–H groups in total. The first-order valence-corrected chi connectivity index (χ1v) is 6.08. The molecule has 3 nitrogen and oxygen atoms in total. The maximum atomic E-state index is 12.2. The molecule has 2 rings (SSSR count). The summed E-state index contributed by atoms with van der Waals surface area (Å²) in [5, 5.41) is 3.24. The third-order valence-corrected chi connectivity index (χ3v) is 2.93. The van der Waals surface area contributed by atoms with E-state index < -0.39 is 6.61 Å². The van der Waals surface area contributed by atoms with Crippen molar-refractivity contribution in [3.63, 3.8) is 0 Å². The van der Waals surface area contributed by atoms with Gasteiger partial charge >= 0.3 is 6.61 Å². The highest BCUT2D eigenvalue weighted by molar-refractivity contribution is 5.40. The molecule has 0 saturated carbocycles. The Hall–Kier alpha value is -1.36. The second kappa shape index (κ2) is 6.00. The molecule has 1 aliphatic rings. The predicted molar refractivity (Wildman–Crippen MR) is 64.3 cm³/mol. The lowest BCUT2D eigenvalue weighted by atomic mass is 10.1. The molecular weight excluding hydrogens is 240 g/mol. The summed E-state index contributed by atoms with van der Waals surface area (Å²) < 4.78 is 34.6. The number of aryl methyl sites for hydroxylation is 1. The van der Waals surface area contributed by atoms with Crippen molar-refractivity contribution in [2.24, 2.45) is 0 Å². The Kier molecular flexibility index (Phi) is 4.36. The first kappa shape index (κ1) is 13.1. The van der Waals surface area contributed by atoms with E-state index >= 15 is 0 Å². The van der Waals surface area contributed by atoms with Crippen molar-refractivity contribution < 1.29 is 18.3 Å². The second-order valence-electron chi connectivity index (χ2n) is 4.39. The third-order valence-electron chi connectivity index (χ3n) is 2.93. The third kappa shape index (κ3) is 3.57. The van der Waals surface area contributed by atoms with Gasteiger partial charge in [0, 0.05) is 12.6 Å². The van der Waals surface area contributed by atoms with Gasteiger partial charge in [-0.05, 0) is 37.9 Å². The van der Waals surface area contributed by atoms with Gasteiger partial charge in [0.05, 0.1) is 0 Å². The molecule has 0 radical (unpaired) electrons. The number of halogens is 2. The first-order valence-electron chi connectivity index (χ1n) is 6.08. The summed E-state index contributed by atoms with van der Waals surface area (Å²) in [7, 11) is 0. The van der Waals surface area contributed by atoms with Crippen LogP contribution in [0.25, 0.3) is 0 Å². The van der Waals surface area contributed by atoms with Crippen molar-refractivity contribution in [3.8, 4) is 11.5 Å². The number of hydrogen-bond acceptors (Lipinski definition) is 3. The summed E-state index contributed by atoms with van der Waals surface area (Å²) in [4.78, 5) is 0. The fourth-order valence-corrected chi connectivity index (χ4v) is 1.99. The Bertz CT molecular complexity index is 393. The van der Waals surface area contributed by atoms with E-state index in [1.807, 2.05) is 0 Å². The van der Waals surface area contributed by atoms with Gasteiger partial charge in [-0.2, -0.15) is 8.78 Å². The van der Waals surface area contributed by atoms with E-state index in [0.717, 1.165) is 25.9 Å². The van der Waals surface area contributed by atoms with Gasteiger partial charge in [0.25, 0.3) is 0 Å². The molecule has 5 heteroatoms. The number of alkyl halides is 2. The van der Waals surface area contributed by atoms with E-state index in [1.54, 1.807) is 19.1 Å². The van der Waals surface area contributed by atoms with Gasteiger partial charge < -0.3 is 14.8 Å². The van der Waals surface area contributed by atoms with Crippen LogP contribution in [0.2, 0.25) is 0 Å². The molecule has 0 aromatic heterocycles. The van der Waals surface area contributed by atoms with Crippen LogP contribution in [0.5, 0.6) is 11.5 Å². The Morgan fingerprint density at radius 2 is 2.22 bits per heavy atom. The zero-order valence-electron chi connectivity index (χ0n) is 10.3. The number of piperidine rings is 1. The molecule has 100 valence electrons. The standard InChI is InChI=1S/C13H17F2NO2/c1-9-4-5-10(7-12(9)18-13(14)15)17-11-3-2-6-16-8-11/h4-5,7,11,13,16H,2-3,6,8H2,1H3. The molecule has 1 aromatic rings. The summed E-state index contributed by atoms with van der Waals surface area (Å²) in [5.41, 5.74) is 0.671. The minimum absolute atomic E-state index is 0.0980. The van der Waals surface area contributed by atoms with Crippen LogP contribution in [0.15, 0.2) is 18.2 Å². The van der Waals surface area contributed by atoms with Crippen molar-refractivity contribution >= 4 is 0 Å². The molecule has 1 heterocycles. The van der Waals surface area contributed by atoms with Crippen LogP contribution in [0.4, 0.5) is 8.78 Å². The average Bonchev–Trinajstić information content (AvgIpc) is 2.34. The minimum atomic E-state index is -2.81. The van der Waals surface area contributed by atoms with Gasteiger partial charge in [-0.25, -0.2) is 0 Å². The molecule has 1 unspecified atom stereocenters. The summed E-state index contributed by atoms with van der Waals surface area (Å²) >= 11 is 0. The second-order valence-corrected chi connectivity index (χ2v) is 4.39. The Balaban J connectivity index is 2.03. The summed E-state index contributed by atoms with van der Waals surface area (Å²) in [6.07, 6.45) is 2.14. The normalized spacial score (nSPS) is 19.9. The van der Waals surface area contributed by atoms with Crippen molar-refractivity contribution in [1.29, 1.82) is 0 Å². The fourth-order valence-electron chi connectivity index (χ4n) is 1.99. The molecule has 1 fully saturated rings. The zero-order valence-corrected chi connectivity index (χ0v) is 10.3. The molecule has 0 aliphatic carbocycles. The average molecular weight is 257 g/mol. The Morgan fingerprint density at radius 3 is 2.89 bits per heavy atom. The lowest BCUT2D eigenvalue weighted by Crippen LogP contribution is -2.37. The van der Waals surface area contributed by atoms with E-state index in [2.05, 4.69) is 10.1 Å². The van der Waals surface area contributed by atoms with Crippen LogP contribution in [0.1, 0.15) is 18.4 Å². The molecule has 18 heavy (non-hydrogen) atoms. The van der Waals surface area contributed by atoms with E-state index in [9.17, 15) is 8.78 Å². The number of nitrogens with one attached hydrogen (secondary N) is 1. The van der Waals surface area contributed by atoms with Crippen molar-refractivity contribution in [2.75, 3.05) is 13.1 Å². The zero-order chi connectivity index (χ0) is 13.0. The van der Waals surface area contributed by atoms with Crippen LogP contribution in [0, 0.1) is 6.92 Å². The van der Waals surface area contributed by atoms with E-state index in [-0.39, 0.29) is 11.9 Å². The molecule has 1 saturated heterocycles. The van der Waals surface area contributed by atoms with Gasteiger partial charge in [-0.15, -0.1) is 0 Å². The molecule has 0 amide bonds. The Labute approximate surface area is 105 Å². The quantitative estimate of drug-likeness (QED) is 0.899. The molecule has 1 aromatic carbocycles. The molecule has 0 bridgehead atoms. The summed E-state index contributed by atoms with van der Waals surface area (Å²) in [5.74, 6) is 0.746. The summed E-state index contributed by atoms with van der Waals surface area (Å²) in [6, 6.07) is 5.03. The summed E-state index contributed by atoms with van der Waals surface area (Å²) in [6.45, 7) is 0.714. The highest BCUT2D eigenvalue weighted by Crippen LogP contribution is 2.27. The largest absolute Gasteiger partial charge is 0.489 e. The lowest BCUT2D eigenvalue weighted by molar-refractivity contribution is -0.0504. The number of rotatable bonds is 4. The number of ether oxygens (including phenoxy) is 2. The Morgan fingerprint density at radius 1 is 1.39 bits per heavy atom. The predicted octanol–water partition coefficient (Wildman–Crippen LogP) is 2.73. The fraction of sp³-hybridized carbons (Fsp3) is 0.538. The highest BCUT2D eigenvalue weighted by atomic mass is 19.3. The van der Waals surface area contributed by atoms with Crippen LogP contribution in [0.3, 0.4) is 0 Å². The molecule has 1 aliphatic heterocycles. The van der Waals surface area contributed by atoms with E-state index in [4.69, 9.17) is 4.74 Å². The minimum Gasteiger partial charge on any atom is -0.489 e. The molecule has 1 atom stereocenters. The van der Waals surface area contributed by atoms with Crippen molar-refractivity contribution in [2.45, 2.75) is 32.5 Å². The van der Waals surface area contributed by atoms with Gasteiger partial charge in [0.1, 0.15) is 17.6 Å². The van der Waals surface area contributed by atoms with Crippen LogP contribution in [-0.2, 0) is 0 Å². The molecule has 0 spiro atoms. The van der Waals surface area contributed by atoms with Crippen LogP contribution in [-0.4, -0.2) is 25.8 Å². The SMILES string of the molecule is Cc1ccc(OC2CCCNC2)cc1OC(F)F. The first-order chi connectivity index (χ1) is 8.65. The maximum absolute atomic E-state index is 12.2. The number of benzene rings is 1. The highest BCUT2D eigenvalue weighted by Gasteiger charge is 2.15. The van der Waals surface area contributed by atoms with Crippen LogP contribution >= 0.6 is 0 Å². The van der Waals surface area contributed by atoms with Gasteiger partial charge in [-0.3, -0.25) is 0 Å². The van der Waals surface area contributed by atoms with Crippen LogP contribution < -0.4 is 14.8 Å². The lowest BCUT2D eigenvalue weighted by Gasteiger charge is -2.24. The number of hydrogen-bond donors (Lipinski definition) is 1. The van der Waals surface area contributed by atoms with Crippen molar-refractivity contribution in [3.05, 3.63) is 23.8 Å². The maximum Gasteiger partial charge on any atom is 0.387 e. The van der Waals surface area contributed by atoms with E-state index in [0.29, 0.717) is 11.3 Å². The van der Waals surface area contributed by atoms with Gasteiger partial charge in [0.15, 0.2) is 0 Å². The molecular formula is C13H17F2NO2. The monoisotopic (exact) mass is 257 g/mol. The van der Waals surface area contributed by atoms with Gasteiger partial charge in [0.2, 0.25) is 0 Å². The van der Waals surface area contributed by atoms with Gasteiger partial charge in [-0.1, -0.05) is 6.07 Å². The van der Waals surface area contributed by atoms with Crippen molar-refractivity contribution in [1.82, 2.24) is 5.32 Å².